The zero-order valence-electron chi connectivity index (χ0n) is 32.7. The molecule has 4 rings (SSSR count). The van der Waals surface area contributed by atoms with Crippen LogP contribution < -0.4 is 38.9 Å². The molecule has 13 heteroatoms. The highest BCUT2D eigenvalue weighted by atomic mass is 16.2. The number of nitrogens with two attached hydrogens (primary N) is 4. The molecular formula is C41H69N9O4. The Morgan fingerprint density at radius 1 is 0.815 bits per heavy atom. The number of Topliss-reactive ketones (excluding diaryl/α,β-unsaturated/α-hetero) is 1. The highest BCUT2D eigenvalue weighted by Crippen LogP contribution is 2.31. The monoisotopic (exact) mass is 752 g/mol. The number of guanidine groups is 1. The molecule has 2 unspecified atom stereocenters. The summed E-state index contributed by atoms with van der Waals surface area (Å²) in [5.74, 6) is -0.379. The van der Waals surface area contributed by atoms with Crippen molar-refractivity contribution < 1.29 is 19.2 Å². The largest absolute Gasteiger partial charge is 0.370 e. The van der Waals surface area contributed by atoms with E-state index in [1.165, 1.54) is 25.7 Å². The fraction of sp³-hybridized carbons (Fsp3) is 0.732. The SMILES string of the molecule is CN[C@@H](Cc1ccccc1)C(=O)N[C@@H](CCCCN)C(=O)N1CCC[C@H]1C(=O)C(CC(CC1CCCCC1)NC(=O)[C@H](N)CC1CCCCC1)N=C(N)N. The lowest BCUT2D eigenvalue weighted by Crippen LogP contribution is -2.56. The standard InChI is InChI=1S/C41H69N9O4/c1-46-35(26-30-18-9-4-10-19-30)39(53)48-33(20-11-12-22-42)40(54)50-23-13-21-36(50)37(51)34(49-41(44)45)27-31(24-28-14-5-2-6-15-28)47-38(52)32(43)25-29-16-7-3-8-17-29/h4,9-10,18-19,28-29,31-36,46H,2-3,5-8,11-17,20-27,42-43H2,1H3,(H,47,52)(H,48,53)(H4,44,45,49)/t31?,32-,33+,34?,35+,36+/m1/s1. The van der Waals surface area contributed by atoms with E-state index in [1.54, 1.807) is 11.9 Å². The van der Waals surface area contributed by atoms with Gasteiger partial charge in [0.25, 0.3) is 0 Å². The zero-order valence-corrected chi connectivity index (χ0v) is 32.7. The normalized spacial score (nSPS) is 21.0. The molecule has 2 saturated carbocycles. The number of ketones is 1. The lowest BCUT2D eigenvalue weighted by Gasteiger charge is -2.33. The summed E-state index contributed by atoms with van der Waals surface area (Å²) in [6, 6.07) is 5.65. The third kappa shape index (κ3) is 13.6. The second kappa shape index (κ2) is 22.7. The average molecular weight is 752 g/mol. The van der Waals surface area contributed by atoms with Crippen LogP contribution in [-0.4, -0.2) is 90.8 Å². The number of likely N-dealkylation sites (N-methyl/N-ethyl adjacent to an activating group) is 1. The van der Waals surface area contributed by atoms with E-state index < -0.39 is 30.2 Å². The third-order valence-corrected chi connectivity index (χ3v) is 11.9. The van der Waals surface area contributed by atoms with Gasteiger partial charge in [-0.05, 0) is 88.8 Å². The van der Waals surface area contributed by atoms with Crippen LogP contribution in [0.4, 0.5) is 0 Å². The van der Waals surface area contributed by atoms with Crippen molar-refractivity contribution in [3.05, 3.63) is 35.9 Å². The Bertz CT molecular complexity index is 1350. The molecule has 11 N–H and O–H groups in total. The van der Waals surface area contributed by atoms with Gasteiger partial charge in [-0.1, -0.05) is 94.5 Å². The van der Waals surface area contributed by atoms with Crippen molar-refractivity contribution in [1.29, 1.82) is 0 Å². The number of carbonyl (C=O) groups excluding carboxylic acids is 4. The van der Waals surface area contributed by atoms with Crippen molar-refractivity contribution in [2.75, 3.05) is 20.1 Å². The molecule has 2 aliphatic carbocycles. The van der Waals surface area contributed by atoms with Gasteiger partial charge < -0.3 is 43.8 Å². The molecule has 0 spiro atoms. The molecule has 0 aromatic heterocycles. The van der Waals surface area contributed by atoms with Crippen molar-refractivity contribution in [1.82, 2.24) is 20.9 Å². The lowest BCUT2D eigenvalue weighted by atomic mass is 9.82. The molecular weight excluding hydrogens is 683 g/mol. The first kappa shape index (κ1) is 43.2. The van der Waals surface area contributed by atoms with Crippen molar-refractivity contribution in [2.45, 2.75) is 158 Å². The summed E-state index contributed by atoms with van der Waals surface area (Å²) in [5.41, 5.74) is 25.1. The summed E-state index contributed by atoms with van der Waals surface area (Å²) >= 11 is 0. The molecule has 1 aromatic carbocycles. The Kier molecular flexibility index (Phi) is 18.2. The Hall–Kier alpha value is -3.55. The molecule has 3 aliphatic rings. The molecule has 3 fully saturated rings. The number of unbranched alkanes of at least 4 members (excludes halogenated alkanes) is 1. The van der Waals surface area contributed by atoms with Gasteiger partial charge in [0.1, 0.15) is 12.1 Å². The maximum Gasteiger partial charge on any atom is 0.245 e. The Morgan fingerprint density at radius 3 is 2.07 bits per heavy atom. The van der Waals surface area contributed by atoms with Gasteiger partial charge in [-0.15, -0.1) is 0 Å². The maximum atomic E-state index is 14.5. The minimum absolute atomic E-state index is 0.196. The van der Waals surface area contributed by atoms with Crippen LogP contribution in [0.5, 0.6) is 0 Å². The van der Waals surface area contributed by atoms with E-state index in [4.69, 9.17) is 22.9 Å². The van der Waals surface area contributed by atoms with E-state index in [2.05, 4.69) is 20.9 Å². The van der Waals surface area contributed by atoms with Crippen LogP contribution in [0, 0.1) is 11.8 Å². The van der Waals surface area contributed by atoms with Gasteiger partial charge in [0.15, 0.2) is 11.7 Å². The summed E-state index contributed by atoms with van der Waals surface area (Å²) in [6.07, 6.45) is 16.3. The summed E-state index contributed by atoms with van der Waals surface area (Å²) in [4.78, 5) is 62.0. The highest BCUT2D eigenvalue weighted by Gasteiger charge is 2.41. The maximum absolute atomic E-state index is 14.5. The quantitative estimate of drug-likeness (QED) is 0.0557. The van der Waals surface area contributed by atoms with Crippen molar-refractivity contribution in [2.24, 2.45) is 39.8 Å². The highest BCUT2D eigenvalue weighted by molar-refractivity contribution is 5.97. The summed E-state index contributed by atoms with van der Waals surface area (Å²) < 4.78 is 0. The number of hydrogen-bond acceptors (Lipinski definition) is 8. The number of aliphatic imine (C=N–C) groups is 1. The topological polar surface area (TPSA) is 224 Å². The van der Waals surface area contributed by atoms with Crippen LogP contribution >= 0.6 is 0 Å². The molecule has 0 bridgehead atoms. The molecule has 3 amide bonds. The van der Waals surface area contributed by atoms with Gasteiger partial charge >= 0.3 is 0 Å². The van der Waals surface area contributed by atoms with E-state index in [0.29, 0.717) is 76.3 Å². The molecule has 1 aliphatic heterocycles. The Morgan fingerprint density at radius 2 is 1.46 bits per heavy atom. The number of rotatable bonds is 21. The first-order chi connectivity index (χ1) is 26.1. The number of nitrogens with zero attached hydrogens (tertiary/aromatic N) is 2. The second-order valence-electron chi connectivity index (χ2n) is 16.1. The number of benzene rings is 1. The molecule has 6 atom stereocenters. The van der Waals surface area contributed by atoms with Crippen molar-refractivity contribution in [3.63, 3.8) is 0 Å². The Labute approximate surface area is 322 Å². The van der Waals surface area contributed by atoms with Crippen LogP contribution in [0.1, 0.15) is 121 Å². The van der Waals surface area contributed by atoms with Crippen LogP contribution in [0.15, 0.2) is 35.3 Å². The van der Waals surface area contributed by atoms with Gasteiger partial charge in [0, 0.05) is 12.6 Å². The molecule has 1 heterocycles. The number of amides is 3. The molecule has 0 radical (unpaired) electrons. The van der Waals surface area contributed by atoms with Gasteiger partial charge in [-0.2, -0.15) is 0 Å². The van der Waals surface area contributed by atoms with Crippen molar-refractivity contribution >= 4 is 29.5 Å². The van der Waals surface area contributed by atoms with E-state index in [9.17, 15) is 19.2 Å². The van der Waals surface area contributed by atoms with E-state index >= 15 is 0 Å². The van der Waals surface area contributed by atoms with E-state index in [1.807, 2.05) is 30.3 Å². The number of carbonyl (C=O) groups is 4. The fourth-order valence-corrected chi connectivity index (χ4v) is 8.87. The lowest BCUT2D eigenvalue weighted by molar-refractivity contribution is -0.141. The van der Waals surface area contributed by atoms with E-state index in [0.717, 1.165) is 44.1 Å². The fourth-order valence-electron chi connectivity index (χ4n) is 8.87. The van der Waals surface area contributed by atoms with Crippen LogP contribution in [0.25, 0.3) is 0 Å². The summed E-state index contributed by atoms with van der Waals surface area (Å²) in [6.45, 7) is 0.849. The minimum Gasteiger partial charge on any atom is -0.370 e. The van der Waals surface area contributed by atoms with Gasteiger partial charge in [0.2, 0.25) is 17.7 Å². The predicted octanol–water partition coefficient (Wildman–Crippen LogP) is 2.78. The number of hydrogen-bond donors (Lipinski definition) is 7. The van der Waals surface area contributed by atoms with Crippen LogP contribution in [-0.2, 0) is 25.6 Å². The number of nitrogens with one attached hydrogen (secondary N) is 3. The van der Waals surface area contributed by atoms with Gasteiger partial charge in [-0.25, -0.2) is 4.99 Å². The average Bonchev–Trinajstić information content (AvgIpc) is 3.67. The van der Waals surface area contributed by atoms with E-state index in [-0.39, 0.29) is 41.9 Å². The van der Waals surface area contributed by atoms with Gasteiger partial charge in [-0.3, -0.25) is 19.2 Å². The Balaban J connectivity index is 1.50. The first-order valence-corrected chi connectivity index (χ1v) is 20.8. The van der Waals surface area contributed by atoms with Crippen molar-refractivity contribution in [3.8, 4) is 0 Å². The molecule has 302 valence electrons. The molecule has 13 nitrogen and oxygen atoms in total. The summed E-state index contributed by atoms with van der Waals surface area (Å²) in [7, 11) is 1.73. The van der Waals surface area contributed by atoms with Crippen LogP contribution in [0.2, 0.25) is 0 Å². The zero-order chi connectivity index (χ0) is 38.9. The van der Waals surface area contributed by atoms with Gasteiger partial charge in [0.05, 0.1) is 18.1 Å². The third-order valence-electron chi connectivity index (χ3n) is 11.9. The minimum atomic E-state index is -0.957. The molecule has 1 saturated heterocycles. The number of likely N-dealkylation sites (tertiary alicyclic amines) is 1. The van der Waals surface area contributed by atoms with Crippen LogP contribution in [0.3, 0.4) is 0 Å². The summed E-state index contributed by atoms with van der Waals surface area (Å²) in [5, 5.41) is 9.33. The first-order valence-electron chi connectivity index (χ1n) is 20.8. The molecule has 54 heavy (non-hydrogen) atoms. The predicted molar refractivity (Wildman–Crippen MR) is 214 cm³/mol. The second-order valence-corrected chi connectivity index (χ2v) is 16.1. The smallest absolute Gasteiger partial charge is 0.245 e. The molecule has 1 aromatic rings.